The fourth-order valence-corrected chi connectivity index (χ4v) is 3.72. The summed E-state index contributed by atoms with van der Waals surface area (Å²) in [5.41, 5.74) is 1.10. The van der Waals surface area contributed by atoms with Gasteiger partial charge in [0.15, 0.2) is 0 Å². The number of fused-ring (bicyclic) bond motifs is 3. The van der Waals surface area contributed by atoms with E-state index in [2.05, 4.69) is 5.32 Å². The molecule has 4 rings (SSSR count). The van der Waals surface area contributed by atoms with Crippen LogP contribution in [0.5, 0.6) is 0 Å². The Morgan fingerprint density at radius 3 is 2.79 bits per heavy atom. The summed E-state index contributed by atoms with van der Waals surface area (Å²) in [5, 5.41) is 2.78. The minimum absolute atomic E-state index is 0.159. The molecule has 3 heterocycles. The van der Waals surface area contributed by atoms with Gasteiger partial charge in [-0.2, -0.15) is 0 Å². The van der Waals surface area contributed by atoms with Gasteiger partial charge in [0.2, 0.25) is 11.8 Å². The number of nitrogens with one attached hydrogen (secondary N) is 1. The maximum Gasteiger partial charge on any atom is 0.275 e. The Kier molecular flexibility index (Phi) is 4.85. The first-order valence-electron chi connectivity index (χ1n) is 9.38. The van der Waals surface area contributed by atoms with Gasteiger partial charge in [-0.3, -0.25) is 19.0 Å². The van der Waals surface area contributed by atoms with Gasteiger partial charge in [-0.15, -0.1) is 0 Å². The predicted molar refractivity (Wildman–Crippen MR) is 103 cm³/mol. The summed E-state index contributed by atoms with van der Waals surface area (Å²) in [5.74, 6) is -0.633. The second-order valence-corrected chi connectivity index (χ2v) is 6.98. The maximum absolute atomic E-state index is 13.8. The molecule has 0 saturated carbocycles. The molecule has 2 aromatic heterocycles. The van der Waals surface area contributed by atoms with Crippen molar-refractivity contribution in [2.45, 2.75) is 25.8 Å². The SMILES string of the molecule is O=C(Cn1c(=O)c2cccn2c2ccc(F)cc21)NCCCN1CCCC1=O. The van der Waals surface area contributed by atoms with Crippen molar-refractivity contribution in [3.05, 3.63) is 52.7 Å². The average molecular weight is 384 g/mol. The van der Waals surface area contributed by atoms with E-state index in [1.807, 2.05) is 0 Å². The first kappa shape index (κ1) is 18.2. The number of nitrogens with zero attached hydrogens (tertiary/aromatic N) is 3. The molecule has 1 fully saturated rings. The van der Waals surface area contributed by atoms with E-state index in [1.54, 1.807) is 33.7 Å². The Hall–Kier alpha value is -3.16. The van der Waals surface area contributed by atoms with Crippen LogP contribution in [-0.4, -0.2) is 45.3 Å². The Labute approximate surface area is 160 Å². The molecule has 1 N–H and O–H groups in total. The lowest BCUT2D eigenvalue weighted by atomic mass is 10.2. The van der Waals surface area contributed by atoms with Crippen molar-refractivity contribution in [2.75, 3.05) is 19.6 Å². The molecule has 28 heavy (non-hydrogen) atoms. The van der Waals surface area contributed by atoms with Gasteiger partial charge < -0.3 is 14.6 Å². The van der Waals surface area contributed by atoms with E-state index >= 15 is 0 Å². The second-order valence-electron chi connectivity index (χ2n) is 6.98. The molecule has 7 nitrogen and oxygen atoms in total. The smallest absolute Gasteiger partial charge is 0.275 e. The average Bonchev–Trinajstić information content (AvgIpc) is 3.31. The monoisotopic (exact) mass is 384 g/mol. The van der Waals surface area contributed by atoms with Crippen LogP contribution < -0.4 is 10.9 Å². The number of halogens is 1. The van der Waals surface area contributed by atoms with Gasteiger partial charge in [-0.1, -0.05) is 0 Å². The van der Waals surface area contributed by atoms with Crippen molar-refractivity contribution >= 4 is 28.4 Å². The summed E-state index contributed by atoms with van der Waals surface area (Å²) in [7, 11) is 0. The minimum Gasteiger partial charge on any atom is -0.354 e. The largest absolute Gasteiger partial charge is 0.354 e. The fraction of sp³-hybridized carbons (Fsp3) is 0.350. The quantitative estimate of drug-likeness (QED) is 0.655. The Balaban J connectivity index is 1.49. The van der Waals surface area contributed by atoms with Crippen LogP contribution in [0.3, 0.4) is 0 Å². The molecular formula is C20H21FN4O3. The molecule has 2 amide bonds. The minimum atomic E-state index is -0.470. The zero-order valence-electron chi connectivity index (χ0n) is 15.4. The van der Waals surface area contributed by atoms with Gasteiger partial charge in [-0.05, 0) is 43.2 Å². The number of carbonyl (C=O) groups is 2. The third-order valence-electron chi connectivity index (χ3n) is 5.10. The lowest BCUT2D eigenvalue weighted by Gasteiger charge is -2.16. The number of likely N-dealkylation sites (tertiary alicyclic amines) is 1. The summed E-state index contributed by atoms with van der Waals surface area (Å²) >= 11 is 0. The number of hydrogen-bond donors (Lipinski definition) is 1. The van der Waals surface area contributed by atoms with Crippen LogP contribution in [0.25, 0.3) is 16.6 Å². The molecular weight excluding hydrogens is 363 g/mol. The van der Waals surface area contributed by atoms with E-state index in [0.29, 0.717) is 42.5 Å². The number of hydrogen-bond acceptors (Lipinski definition) is 3. The van der Waals surface area contributed by atoms with Gasteiger partial charge >= 0.3 is 0 Å². The van der Waals surface area contributed by atoms with Crippen LogP contribution in [-0.2, 0) is 16.1 Å². The summed E-state index contributed by atoms with van der Waals surface area (Å²) in [4.78, 5) is 38.5. The van der Waals surface area contributed by atoms with E-state index < -0.39 is 5.82 Å². The normalized spacial score (nSPS) is 14.3. The third kappa shape index (κ3) is 3.37. The summed E-state index contributed by atoms with van der Waals surface area (Å²) < 4.78 is 16.8. The molecule has 3 aromatic rings. The Morgan fingerprint density at radius 1 is 1.14 bits per heavy atom. The molecule has 1 saturated heterocycles. The molecule has 0 bridgehead atoms. The van der Waals surface area contributed by atoms with Gasteiger partial charge in [0.05, 0.1) is 11.0 Å². The number of carbonyl (C=O) groups excluding carboxylic acids is 2. The van der Waals surface area contributed by atoms with Gasteiger partial charge in [0.25, 0.3) is 5.56 Å². The summed E-state index contributed by atoms with van der Waals surface area (Å²) in [6.45, 7) is 1.61. The number of aromatic nitrogens is 2. The van der Waals surface area contributed by atoms with Gasteiger partial charge in [0, 0.05) is 32.3 Å². The highest BCUT2D eigenvalue weighted by Crippen LogP contribution is 2.16. The number of amides is 2. The van der Waals surface area contributed by atoms with Gasteiger partial charge in [-0.25, -0.2) is 4.39 Å². The highest BCUT2D eigenvalue weighted by atomic mass is 19.1. The Morgan fingerprint density at radius 2 is 2.00 bits per heavy atom. The topological polar surface area (TPSA) is 75.8 Å². The maximum atomic E-state index is 13.8. The van der Waals surface area contributed by atoms with Crippen LogP contribution in [0, 0.1) is 5.82 Å². The van der Waals surface area contributed by atoms with E-state index in [-0.39, 0.29) is 23.9 Å². The second kappa shape index (κ2) is 7.46. The van der Waals surface area contributed by atoms with E-state index in [0.717, 1.165) is 13.0 Å². The zero-order valence-corrected chi connectivity index (χ0v) is 15.4. The predicted octanol–water partition coefficient (Wildman–Crippen LogP) is 1.52. The molecule has 8 heteroatoms. The molecule has 1 aromatic carbocycles. The van der Waals surface area contributed by atoms with E-state index in [4.69, 9.17) is 0 Å². The summed E-state index contributed by atoms with van der Waals surface area (Å²) in [6, 6.07) is 7.60. The first-order chi connectivity index (χ1) is 13.5. The summed E-state index contributed by atoms with van der Waals surface area (Å²) in [6.07, 6.45) is 3.88. The number of benzene rings is 1. The van der Waals surface area contributed by atoms with Crippen molar-refractivity contribution in [2.24, 2.45) is 0 Å². The van der Waals surface area contributed by atoms with Crippen LogP contribution in [0.2, 0.25) is 0 Å². The Bertz CT molecular complexity index is 1120. The van der Waals surface area contributed by atoms with Crippen molar-refractivity contribution in [1.29, 1.82) is 0 Å². The van der Waals surface area contributed by atoms with E-state index in [1.165, 1.54) is 16.7 Å². The standard InChI is InChI=1S/C20H21FN4O3/c21-14-6-7-15-17(12-14)25(20(28)16-4-1-11-24(15)16)13-18(26)22-8-3-10-23-9-2-5-19(23)27/h1,4,6-7,11-12H,2-3,5,8-10,13H2,(H,22,26). The molecule has 1 aliphatic rings. The van der Waals surface area contributed by atoms with Crippen molar-refractivity contribution in [1.82, 2.24) is 19.2 Å². The van der Waals surface area contributed by atoms with Crippen molar-refractivity contribution in [3.63, 3.8) is 0 Å². The molecule has 0 unspecified atom stereocenters. The zero-order chi connectivity index (χ0) is 19.7. The number of rotatable bonds is 6. The highest BCUT2D eigenvalue weighted by molar-refractivity contribution is 5.82. The van der Waals surface area contributed by atoms with Crippen LogP contribution in [0.15, 0.2) is 41.3 Å². The molecule has 0 aliphatic carbocycles. The van der Waals surface area contributed by atoms with Gasteiger partial charge in [0.1, 0.15) is 17.9 Å². The molecule has 0 spiro atoms. The third-order valence-corrected chi connectivity index (χ3v) is 5.10. The first-order valence-corrected chi connectivity index (χ1v) is 9.38. The highest BCUT2D eigenvalue weighted by Gasteiger charge is 2.19. The van der Waals surface area contributed by atoms with Crippen molar-refractivity contribution in [3.8, 4) is 0 Å². The fourth-order valence-electron chi connectivity index (χ4n) is 3.72. The van der Waals surface area contributed by atoms with Crippen LogP contribution in [0.4, 0.5) is 4.39 Å². The van der Waals surface area contributed by atoms with Crippen molar-refractivity contribution < 1.29 is 14.0 Å². The van der Waals surface area contributed by atoms with Crippen LogP contribution >= 0.6 is 0 Å². The van der Waals surface area contributed by atoms with E-state index in [9.17, 15) is 18.8 Å². The molecule has 1 aliphatic heterocycles. The lowest BCUT2D eigenvalue weighted by Crippen LogP contribution is -2.35. The molecule has 0 radical (unpaired) electrons. The van der Waals surface area contributed by atoms with Crippen LogP contribution in [0.1, 0.15) is 19.3 Å². The lowest BCUT2D eigenvalue weighted by molar-refractivity contribution is -0.127. The molecule has 146 valence electrons. The molecule has 0 atom stereocenters.